The number of nitrogens with one attached hydrogen (secondary N) is 1. The fourth-order valence-electron chi connectivity index (χ4n) is 1.69. The van der Waals surface area contributed by atoms with E-state index in [-0.39, 0.29) is 18.3 Å². The van der Waals surface area contributed by atoms with Crippen LogP contribution in [0.25, 0.3) is 0 Å². The number of rotatable bonds is 5. The van der Waals surface area contributed by atoms with Crippen LogP contribution in [0.1, 0.15) is 39.3 Å². The first-order valence-corrected chi connectivity index (χ1v) is 6.51. The number of ether oxygens (including phenoxy) is 1. The predicted molar refractivity (Wildman–Crippen MR) is 78.4 cm³/mol. The molecule has 0 aliphatic carbocycles. The molecule has 5 nitrogen and oxygen atoms in total. The van der Waals surface area contributed by atoms with Gasteiger partial charge in [-0.1, -0.05) is 18.2 Å². The zero-order valence-corrected chi connectivity index (χ0v) is 12.4. The third-order valence-corrected chi connectivity index (χ3v) is 2.58. The molecule has 0 amide bonds. The summed E-state index contributed by atoms with van der Waals surface area (Å²) in [4.78, 5) is 23.0. The van der Waals surface area contributed by atoms with Gasteiger partial charge in [-0.3, -0.25) is 9.59 Å². The van der Waals surface area contributed by atoms with Crippen molar-refractivity contribution in [3.05, 3.63) is 29.8 Å². The highest BCUT2D eigenvalue weighted by atomic mass is 16.6. The summed E-state index contributed by atoms with van der Waals surface area (Å²) in [6.07, 6.45) is 0. The van der Waals surface area contributed by atoms with Crippen LogP contribution in [-0.4, -0.2) is 23.9 Å². The zero-order valence-electron chi connectivity index (χ0n) is 12.4. The summed E-state index contributed by atoms with van der Waals surface area (Å²) < 4.78 is 5.21. The third-order valence-electron chi connectivity index (χ3n) is 2.58. The van der Waals surface area contributed by atoms with Crippen LogP contribution in [-0.2, 0) is 14.3 Å². The highest BCUT2D eigenvalue weighted by Gasteiger charge is 2.18. The number of carbonyl (C=O) groups is 2. The van der Waals surface area contributed by atoms with Gasteiger partial charge in [0.1, 0.15) is 12.1 Å². The number of ketones is 1. The van der Waals surface area contributed by atoms with Crippen LogP contribution < -0.4 is 11.1 Å². The van der Waals surface area contributed by atoms with Crippen molar-refractivity contribution in [1.82, 2.24) is 0 Å². The van der Waals surface area contributed by atoms with E-state index in [1.807, 2.05) is 26.8 Å². The lowest BCUT2D eigenvalue weighted by Gasteiger charge is -2.20. The molecule has 3 N–H and O–H groups in total. The van der Waals surface area contributed by atoms with Gasteiger partial charge in [0.15, 0.2) is 5.78 Å². The molecular weight excluding hydrogens is 256 g/mol. The molecule has 0 aliphatic heterocycles. The summed E-state index contributed by atoms with van der Waals surface area (Å²) in [6, 6.07) is 6.47. The lowest BCUT2D eigenvalue weighted by Crippen LogP contribution is -2.28. The van der Waals surface area contributed by atoms with Gasteiger partial charge in [0.05, 0.1) is 6.04 Å². The molecule has 5 heteroatoms. The zero-order chi connectivity index (χ0) is 15.3. The fourth-order valence-corrected chi connectivity index (χ4v) is 1.69. The fraction of sp³-hybridized carbons (Fsp3) is 0.467. The van der Waals surface area contributed by atoms with Crippen molar-refractivity contribution in [1.29, 1.82) is 0 Å². The molecule has 0 heterocycles. The van der Waals surface area contributed by atoms with Crippen LogP contribution >= 0.6 is 0 Å². The van der Waals surface area contributed by atoms with E-state index in [0.717, 1.165) is 0 Å². The molecule has 0 fully saturated rings. The van der Waals surface area contributed by atoms with Crippen molar-refractivity contribution in [3.8, 4) is 0 Å². The molecule has 0 bridgehead atoms. The van der Waals surface area contributed by atoms with Gasteiger partial charge in [0, 0.05) is 5.69 Å². The summed E-state index contributed by atoms with van der Waals surface area (Å²) in [6.45, 7) is 6.90. The second-order valence-electron chi connectivity index (χ2n) is 5.62. The van der Waals surface area contributed by atoms with Crippen molar-refractivity contribution < 1.29 is 14.3 Å². The topological polar surface area (TPSA) is 81.4 Å². The monoisotopic (exact) mass is 278 g/mol. The Kier molecular flexibility index (Phi) is 5.27. The molecule has 1 rings (SSSR count). The van der Waals surface area contributed by atoms with Crippen molar-refractivity contribution in [2.75, 3.05) is 11.9 Å². The first kappa shape index (κ1) is 16.2. The summed E-state index contributed by atoms with van der Waals surface area (Å²) in [5.74, 6) is -0.486. The van der Waals surface area contributed by atoms with Crippen molar-refractivity contribution in [2.24, 2.45) is 5.73 Å². The van der Waals surface area contributed by atoms with Gasteiger partial charge in [-0.2, -0.15) is 0 Å². The van der Waals surface area contributed by atoms with Gasteiger partial charge in [-0.05, 0) is 39.3 Å². The molecule has 110 valence electrons. The number of benzene rings is 1. The molecule has 0 radical (unpaired) electrons. The SMILES string of the molecule is CC(=O)C(N)c1ccccc1NCC(=O)OC(C)(C)C. The molecule has 1 aromatic carbocycles. The first-order valence-electron chi connectivity index (χ1n) is 6.51. The Hall–Kier alpha value is -1.88. The summed E-state index contributed by atoms with van der Waals surface area (Å²) in [5, 5.41) is 2.96. The van der Waals surface area contributed by atoms with Gasteiger partial charge in [-0.15, -0.1) is 0 Å². The van der Waals surface area contributed by atoms with Crippen molar-refractivity contribution in [2.45, 2.75) is 39.3 Å². The van der Waals surface area contributed by atoms with Crippen molar-refractivity contribution in [3.63, 3.8) is 0 Å². The molecule has 0 saturated carbocycles. The molecule has 20 heavy (non-hydrogen) atoms. The summed E-state index contributed by atoms with van der Waals surface area (Å²) in [7, 11) is 0. The predicted octanol–water partition coefficient (Wildman–Crippen LogP) is 2.03. The van der Waals surface area contributed by atoms with Gasteiger partial charge in [0.25, 0.3) is 0 Å². The van der Waals surface area contributed by atoms with Crippen LogP contribution in [0, 0.1) is 0 Å². The second kappa shape index (κ2) is 6.52. The Morgan fingerprint density at radius 2 is 1.90 bits per heavy atom. The van der Waals surface area contributed by atoms with Crippen LogP contribution in [0.3, 0.4) is 0 Å². The minimum absolute atomic E-state index is 0.0267. The maximum atomic E-state index is 11.7. The smallest absolute Gasteiger partial charge is 0.325 e. The van der Waals surface area contributed by atoms with Crippen LogP contribution in [0.15, 0.2) is 24.3 Å². The number of carbonyl (C=O) groups excluding carboxylic acids is 2. The number of nitrogens with two attached hydrogens (primary N) is 1. The quantitative estimate of drug-likeness (QED) is 0.805. The maximum absolute atomic E-state index is 11.7. The molecular formula is C15H22N2O3. The normalized spacial score (nSPS) is 12.7. The van der Waals surface area contributed by atoms with Gasteiger partial charge in [0.2, 0.25) is 0 Å². The average Bonchev–Trinajstić information content (AvgIpc) is 2.33. The lowest BCUT2D eigenvalue weighted by atomic mass is 10.0. The van der Waals surface area contributed by atoms with E-state index >= 15 is 0 Å². The minimum atomic E-state index is -0.697. The molecule has 1 atom stereocenters. The van der Waals surface area contributed by atoms with Crippen LogP contribution in [0.5, 0.6) is 0 Å². The number of esters is 1. The molecule has 0 spiro atoms. The largest absolute Gasteiger partial charge is 0.459 e. The van der Waals surface area contributed by atoms with Gasteiger partial charge in [-0.25, -0.2) is 0 Å². The van der Waals surface area contributed by atoms with Gasteiger partial charge >= 0.3 is 5.97 Å². The number of hydrogen-bond donors (Lipinski definition) is 2. The number of para-hydroxylation sites is 1. The standard InChI is InChI=1S/C15H22N2O3/c1-10(18)14(16)11-7-5-6-8-12(11)17-9-13(19)20-15(2,3)4/h5-8,14,17H,9,16H2,1-4H3. The Labute approximate surface area is 119 Å². The maximum Gasteiger partial charge on any atom is 0.325 e. The second-order valence-corrected chi connectivity index (χ2v) is 5.62. The van der Waals surface area contributed by atoms with E-state index in [1.54, 1.807) is 18.2 Å². The minimum Gasteiger partial charge on any atom is -0.459 e. The molecule has 0 saturated heterocycles. The van der Waals surface area contributed by atoms with E-state index in [4.69, 9.17) is 10.5 Å². The molecule has 1 unspecified atom stereocenters. The first-order chi connectivity index (χ1) is 9.20. The number of Topliss-reactive ketones (excluding diaryl/α,β-unsaturated/α-hetero) is 1. The lowest BCUT2D eigenvalue weighted by molar-refractivity contribution is -0.152. The van der Waals surface area contributed by atoms with E-state index in [9.17, 15) is 9.59 Å². The van der Waals surface area contributed by atoms with E-state index < -0.39 is 11.6 Å². The molecule has 1 aromatic rings. The molecule has 0 aliphatic rings. The van der Waals surface area contributed by atoms with E-state index in [2.05, 4.69) is 5.32 Å². The Morgan fingerprint density at radius 1 is 1.30 bits per heavy atom. The highest BCUT2D eigenvalue weighted by molar-refractivity contribution is 5.85. The average molecular weight is 278 g/mol. The number of hydrogen-bond acceptors (Lipinski definition) is 5. The number of anilines is 1. The summed E-state index contributed by atoms with van der Waals surface area (Å²) >= 11 is 0. The van der Waals surface area contributed by atoms with E-state index in [0.29, 0.717) is 11.3 Å². The van der Waals surface area contributed by atoms with Crippen LogP contribution in [0.4, 0.5) is 5.69 Å². The van der Waals surface area contributed by atoms with Crippen molar-refractivity contribution >= 4 is 17.4 Å². The Balaban J connectivity index is 2.74. The third kappa shape index (κ3) is 5.01. The Bertz CT molecular complexity index is 492. The Morgan fingerprint density at radius 3 is 2.45 bits per heavy atom. The van der Waals surface area contributed by atoms with Crippen LogP contribution in [0.2, 0.25) is 0 Å². The van der Waals surface area contributed by atoms with Gasteiger partial charge < -0.3 is 15.8 Å². The highest BCUT2D eigenvalue weighted by Crippen LogP contribution is 2.21. The molecule has 0 aromatic heterocycles. The van der Waals surface area contributed by atoms with E-state index in [1.165, 1.54) is 6.92 Å². The summed E-state index contributed by atoms with van der Waals surface area (Å²) in [5.41, 5.74) is 6.66.